The molecule has 6 nitrogen and oxygen atoms in total. The van der Waals surface area contributed by atoms with Gasteiger partial charge in [0.1, 0.15) is 11.4 Å². The molecule has 0 radical (unpaired) electrons. The fourth-order valence-corrected chi connectivity index (χ4v) is 4.30. The van der Waals surface area contributed by atoms with Gasteiger partial charge in [-0.25, -0.2) is 9.18 Å². The summed E-state index contributed by atoms with van der Waals surface area (Å²) >= 11 is 0. The molecule has 1 saturated heterocycles. The maximum atomic E-state index is 13.0. The van der Waals surface area contributed by atoms with Crippen LogP contribution < -0.4 is 10.6 Å². The van der Waals surface area contributed by atoms with Gasteiger partial charge in [0.25, 0.3) is 5.91 Å². The Morgan fingerprint density at radius 3 is 2.62 bits per heavy atom. The van der Waals surface area contributed by atoms with Crippen molar-refractivity contribution in [2.24, 2.45) is 0 Å². The average molecular weight is 406 g/mol. The highest BCUT2D eigenvalue weighted by atomic mass is 19.1. The number of carbonyl (C=O) groups excluding carboxylic acids is 2. The van der Waals surface area contributed by atoms with Gasteiger partial charge in [-0.1, -0.05) is 18.6 Å². The van der Waals surface area contributed by atoms with Crippen molar-refractivity contribution in [1.82, 2.24) is 15.5 Å². The van der Waals surface area contributed by atoms with Crippen LogP contribution in [0, 0.1) is 0 Å². The monoisotopic (exact) mass is 405 g/mol. The normalized spacial score (nSPS) is 21.8. The Morgan fingerprint density at radius 1 is 1.21 bits per heavy atom. The lowest BCUT2D eigenvalue weighted by atomic mass is 9.82. The first-order chi connectivity index (χ1) is 13.9. The molecule has 1 aliphatic carbocycles. The number of allylic oxidation sites excluding steroid dienone is 3. The molecule has 0 bridgehead atoms. The number of likely N-dealkylation sites (tertiary alicyclic amines) is 1. The van der Waals surface area contributed by atoms with Crippen LogP contribution in [0.25, 0.3) is 0 Å². The molecule has 160 valence electrons. The van der Waals surface area contributed by atoms with Crippen LogP contribution in [0.2, 0.25) is 0 Å². The summed E-state index contributed by atoms with van der Waals surface area (Å²) in [5.41, 5.74) is 1.43. The molecule has 0 aromatic carbocycles. The van der Waals surface area contributed by atoms with Gasteiger partial charge in [-0.3, -0.25) is 4.79 Å². The number of rotatable bonds is 8. The molecule has 0 saturated carbocycles. The highest BCUT2D eigenvalue weighted by Crippen LogP contribution is 2.40. The predicted octanol–water partition coefficient (Wildman–Crippen LogP) is 2.38. The highest BCUT2D eigenvalue weighted by Gasteiger charge is 2.50. The maximum absolute atomic E-state index is 13.0. The van der Waals surface area contributed by atoms with Gasteiger partial charge in [-0.05, 0) is 38.9 Å². The summed E-state index contributed by atoms with van der Waals surface area (Å²) < 4.78 is 18.7. The van der Waals surface area contributed by atoms with Crippen molar-refractivity contribution < 1.29 is 18.7 Å². The molecular weight excluding hydrogens is 373 g/mol. The fraction of sp³-hybridized carbons (Fsp3) is 0.636. The number of amides is 1. The molecule has 1 spiro atoms. The number of nitrogens with one attached hydrogen (secondary N) is 2. The second-order valence-corrected chi connectivity index (χ2v) is 8.01. The zero-order chi connectivity index (χ0) is 20.9. The van der Waals surface area contributed by atoms with Crippen molar-refractivity contribution in [2.45, 2.75) is 51.6 Å². The third-order valence-electron chi connectivity index (χ3n) is 6.16. The van der Waals surface area contributed by atoms with Crippen molar-refractivity contribution in [3.05, 3.63) is 34.7 Å². The van der Waals surface area contributed by atoms with Gasteiger partial charge in [0.05, 0.1) is 5.57 Å². The number of hydrogen-bond donors (Lipinski definition) is 2. The largest absolute Gasteiger partial charge is 0.450 e. The maximum Gasteiger partial charge on any atom is 0.335 e. The van der Waals surface area contributed by atoms with E-state index >= 15 is 0 Å². The molecule has 0 aromatic heterocycles. The predicted molar refractivity (Wildman–Crippen MR) is 110 cm³/mol. The summed E-state index contributed by atoms with van der Waals surface area (Å²) in [5.74, 6) is -0.623. The Labute approximate surface area is 172 Å². The molecule has 1 fully saturated rings. The summed E-state index contributed by atoms with van der Waals surface area (Å²) in [6, 6.07) is 0. The van der Waals surface area contributed by atoms with Crippen LogP contribution in [0.3, 0.4) is 0 Å². The van der Waals surface area contributed by atoms with E-state index in [2.05, 4.69) is 22.5 Å². The topological polar surface area (TPSA) is 70.7 Å². The van der Waals surface area contributed by atoms with Crippen LogP contribution in [0.1, 0.15) is 46.0 Å². The van der Waals surface area contributed by atoms with E-state index in [1.54, 1.807) is 13.0 Å². The first-order valence-electron chi connectivity index (χ1n) is 10.7. The van der Waals surface area contributed by atoms with Crippen LogP contribution in [0.5, 0.6) is 0 Å². The van der Waals surface area contributed by atoms with E-state index in [0.29, 0.717) is 43.5 Å². The Morgan fingerprint density at radius 2 is 1.97 bits per heavy atom. The minimum Gasteiger partial charge on any atom is -0.450 e. The first-order valence-corrected chi connectivity index (χ1v) is 10.7. The van der Waals surface area contributed by atoms with Crippen molar-refractivity contribution in [3.8, 4) is 0 Å². The summed E-state index contributed by atoms with van der Waals surface area (Å²) in [7, 11) is 0. The van der Waals surface area contributed by atoms with E-state index in [1.165, 1.54) is 5.57 Å². The molecular formula is C22H32FN3O3. The minimum absolute atomic E-state index is 0.0541. The van der Waals surface area contributed by atoms with E-state index in [1.807, 2.05) is 6.08 Å². The second kappa shape index (κ2) is 9.67. The summed E-state index contributed by atoms with van der Waals surface area (Å²) in [6.07, 6.45) is 6.87. The summed E-state index contributed by atoms with van der Waals surface area (Å²) in [4.78, 5) is 27.3. The van der Waals surface area contributed by atoms with Crippen LogP contribution >= 0.6 is 0 Å². The molecule has 3 rings (SSSR count). The van der Waals surface area contributed by atoms with Crippen LogP contribution in [0.15, 0.2) is 34.7 Å². The number of piperidine rings is 1. The minimum atomic E-state index is -0.763. The molecule has 2 heterocycles. The average Bonchev–Trinajstić information content (AvgIpc) is 2.96. The number of hydrogen-bond acceptors (Lipinski definition) is 5. The van der Waals surface area contributed by atoms with E-state index < -0.39 is 5.60 Å². The van der Waals surface area contributed by atoms with E-state index in [0.717, 1.165) is 39.0 Å². The van der Waals surface area contributed by atoms with Gasteiger partial charge < -0.3 is 20.3 Å². The Hall–Kier alpha value is -1.99. The van der Waals surface area contributed by atoms with E-state index in [9.17, 15) is 14.0 Å². The molecule has 29 heavy (non-hydrogen) atoms. The SMILES string of the molecule is CCN1CCC2(CC1)OC(=O)C(C)=C2C(=O)NCCNCCC1=CC=C(F)CC1. The second-order valence-electron chi connectivity index (χ2n) is 8.01. The lowest BCUT2D eigenvalue weighted by Crippen LogP contribution is -2.49. The molecule has 0 aromatic rings. The highest BCUT2D eigenvalue weighted by molar-refractivity contribution is 6.07. The zero-order valence-corrected chi connectivity index (χ0v) is 17.5. The fourth-order valence-electron chi connectivity index (χ4n) is 4.30. The smallest absolute Gasteiger partial charge is 0.335 e. The Balaban J connectivity index is 1.45. The third-order valence-corrected chi connectivity index (χ3v) is 6.16. The number of ether oxygens (including phenoxy) is 1. The zero-order valence-electron chi connectivity index (χ0n) is 17.5. The lowest BCUT2D eigenvalue weighted by molar-refractivity contribution is -0.150. The third kappa shape index (κ3) is 5.14. The molecule has 2 N–H and O–H groups in total. The molecule has 0 unspecified atom stereocenters. The van der Waals surface area contributed by atoms with Gasteiger partial charge >= 0.3 is 5.97 Å². The van der Waals surface area contributed by atoms with Gasteiger partial charge in [-0.15, -0.1) is 0 Å². The summed E-state index contributed by atoms with van der Waals surface area (Å²) in [5, 5.41) is 6.24. The van der Waals surface area contributed by atoms with E-state index in [4.69, 9.17) is 4.74 Å². The van der Waals surface area contributed by atoms with Gasteiger partial charge in [-0.2, -0.15) is 0 Å². The molecule has 2 aliphatic heterocycles. The van der Waals surface area contributed by atoms with E-state index in [-0.39, 0.29) is 17.7 Å². The Kier molecular flexibility index (Phi) is 7.24. The standard InChI is InChI=1S/C22H32FN3O3/c1-3-26-14-9-22(10-15-26)19(16(2)21(28)29-22)20(27)25-13-12-24-11-8-17-4-6-18(23)7-5-17/h4,6,24H,3,5,7-15H2,1-2H3,(H,25,27). The van der Waals surface area contributed by atoms with Gasteiger partial charge in [0.15, 0.2) is 0 Å². The molecule has 1 amide bonds. The quantitative estimate of drug-likeness (QED) is 0.479. The molecule has 0 atom stereocenters. The number of halogens is 1. The van der Waals surface area contributed by atoms with Crippen molar-refractivity contribution in [2.75, 3.05) is 39.3 Å². The number of nitrogens with zero attached hydrogens (tertiary/aromatic N) is 1. The van der Waals surface area contributed by atoms with Crippen molar-refractivity contribution in [1.29, 1.82) is 0 Å². The summed E-state index contributed by atoms with van der Waals surface area (Å²) in [6.45, 7) is 8.31. The Bertz CT molecular complexity index is 734. The van der Waals surface area contributed by atoms with Gasteiger partial charge in [0.2, 0.25) is 0 Å². The van der Waals surface area contributed by atoms with Crippen molar-refractivity contribution >= 4 is 11.9 Å². The molecule has 3 aliphatic rings. The number of carbonyl (C=O) groups is 2. The first kappa shape index (κ1) is 21.7. The van der Waals surface area contributed by atoms with Crippen LogP contribution in [0.4, 0.5) is 4.39 Å². The number of esters is 1. The van der Waals surface area contributed by atoms with Crippen LogP contribution in [-0.4, -0.2) is 61.6 Å². The molecule has 7 heteroatoms. The van der Waals surface area contributed by atoms with Crippen LogP contribution in [-0.2, 0) is 14.3 Å². The van der Waals surface area contributed by atoms with Crippen molar-refractivity contribution in [3.63, 3.8) is 0 Å². The van der Waals surface area contributed by atoms with Gasteiger partial charge in [0, 0.05) is 51.0 Å². The lowest BCUT2D eigenvalue weighted by Gasteiger charge is -2.39.